The normalized spacial score (nSPS) is 43.6. The van der Waals surface area contributed by atoms with Gasteiger partial charge in [0.25, 0.3) is 0 Å². The summed E-state index contributed by atoms with van der Waals surface area (Å²) in [5.41, 5.74) is -1.96. The summed E-state index contributed by atoms with van der Waals surface area (Å²) >= 11 is 0. The molecule has 1 heterocycles. The molecule has 2 spiro atoms. The maximum atomic E-state index is 14.5. The van der Waals surface area contributed by atoms with Crippen LogP contribution in [0.5, 0.6) is 0 Å². The number of hydrogen-bond acceptors (Lipinski definition) is 5. The lowest BCUT2D eigenvalue weighted by molar-refractivity contribution is -0.177. The first-order valence-electron chi connectivity index (χ1n) is 16.1. The minimum atomic E-state index is -1.04. The van der Waals surface area contributed by atoms with Crippen LogP contribution in [0.2, 0.25) is 0 Å². The number of aliphatic hydroxyl groups is 2. The Kier molecular flexibility index (Phi) is 6.50. The van der Waals surface area contributed by atoms with Crippen LogP contribution < -0.4 is 0 Å². The number of amides is 1. The van der Waals surface area contributed by atoms with Crippen molar-refractivity contribution in [3.63, 3.8) is 0 Å². The molecule has 1 aliphatic heterocycles. The molecule has 1 aromatic carbocycles. The second-order valence-electron chi connectivity index (χ2n) is 15.1. The fourth-order valence-electron chi connectivity index (χ4n) is 11.0. The van der Waals surface area contributed by atoms with Crippen LogP contribution in [0.25, 0.3) is 0 Å². The van der Waals surface area contributed by atoms with Gasteiger partial charge < -0.3 is 15.1 Å². The molecule has 2 N–H and O–H groups in total. The first kappa shape index (κ1) is 29.3. The third kappa shape index (κ3) is 3.84. The lowest BCUT2D eigenvalue weighted by atomic mass is 9.32. The fourth-order valence-corrected chi connectivity index (χ4v) is 11.0. The van der Waals surface area contributed by atoms with Crippen LogP contribution >= 0.6 is 0 Å². The summed E-state index contributed by atoms with van der Waals surface area (Å²) in [4.78, 5) is 30.5. The van der Waals surface area contributed by atoms with Gasteiger partial charge in [0, 0.05) is 67.0 Å². The van der Waals surface area contributed by atoms with E-state index >= 15 is 0 Å². The first-order valence-corrected chi connectivity index (χ1v) is 16.1. The van der Waals surface area contributed by atoms with Gasteiger partial charge in [0.05, 0.1) is 11.7 Å². The number of carbonyl (C=O) groups excluding carboxylic acids is 2. The lowest BCUT2D eigenvalue weighted by Gasteiger charge is -2.71. The summed E-state index contributed by atoms with van der Waals surface area (Å²) < 4.78 is 28.3. The zero-order valence-corrected chi connectivity index (χ0v) is 25.5. The number of β-amino-alcohol motifs (C(OH)–C–C–N with tert-alkyl or cyclic N) is 1. The van der Waals surface area contributed by atoms with Gasteiger partial charge in [-0.15, -0.1) is 0 Å². The van der Waals surface area contributed by atoms with Gasteiger partial charge in [0.15, 0.2) is 17.4 Å². The molecular formula is C35H44F2N2O4. The summed E-state index contributed by atoms with van der Waals surface area (Å²) in [6.45, 7) is 9.41. The summed E-state index contributed by atoms with van der Waals surface area (Å²) in [6.07, 6.45) is 11.3. The van der Waals surface area contributed by atoms with Crippen LogP contribution in [0.1, 0.15) is 76.1 Å². The van der Waals surface area contributed by atoms with Gasteiger partial charge in [-0.05, 0) is 80.4 Å². The Morgan fingerprint density at radius 3 is 2.30 bits per heavy atom. The van der Waals surface area contributed by atoms with E-state index in [0.29, 0.717) is 38.0 Å². The molecule has 4 fully saturated rings. The molecule has 6 nitrogen and oxygen atoms in total. The molecule has 1 saturated heterocycles. The lowest BCUT2D eigenvalue weighted by Crippen LogP contribution is -2.67. The number of hydrogen-bond donors (Lipinski definition) is 2. The maximum Gasteiger partial charge on any atom is 0.219 e. The third-order valence-corrected chi connectivity index (χ3v) is 13.4. The molecule has 1 unspecified atom stereocenters. The van der Waals surface area contributed by atoms with E-state index in [-0.39, 0.29) is 34.5 Å². The van der Waals surface area contributed by atoms with Gasteiger partial charge in [-0.2, -0.15) is 0 Å². The molecule has 6 aliphatic carbocycles. The predicted octanol–water partition coefficient (Wildman–Crippen LogP) is 4.90. The predicted molar refractivity (Wildman–Crippen MR) is 158 cm³/mol. The summed E-state index contributed by atoms with van der Waals surface area (Å²) in [6, 6.07) is 3.41. The number of rotatable bonds is 4. The Bertz CT molecular complexity index is 1440. The maximum absolute atomic E-state index is 14.5. The molecule has 0 radical (unpaired) electrons. The number of ketones is 1. The molecule has 8 atom stereocenters. The third-order valence-electron chi connectivity index (χ3n) is 13.4. The van der Waals surface area contributed by atoms with Gasteiger partial charge in [0.2, 0.25) is 5.91 Å². The molecule has 8 heteroatoms. The minimum Gasteiger partial charge on any atom is -0.393 e. The van der Waals surface area contributed by atoms with Crippen molar-refractivity contribution in [3.05, 3.63) is 59.2 Å². The molecule has 43 heavy (non-hydrogen) atoms. The van der Waals surface area contributed by atoms with Gasteiger partial charge in [-0.25, -0.2) is 8.78 Å². The van der Waals surface area contributed by atoms with Crippen molar-refractivity contribution in [2.24, 2.45) is 33.5 Å². The zero-order chi connectivity index (χ0) is 30.6. The van der Waals surface area contributed by atoms with Crippen molar-refractivity contribution in [2.45, 2.75) is 77.4 Å². The number of carbonyl (C=O) groups is 2. The van der Waals surface area contributed by atoms with Crippen molar-refractivity contribution in [1.29, 1.82) is 0 Å². The average molecular weight is 595 g/mol. The van der Waals surface area contributed by atoms with E-state index in [1.54, 1.807) is 6.92 Å². The van der Waals surface area contributed by atoms with Crippen LogP contribution in [0.4, 0.5) is 8.78 Å². The Labute approximate surface area is 252 Å². The second-order valence-corrected chi connectivity index (χ2v) is 15.1. The number of aliphatic hydroxyl groups excluding tert-OH is 1. The van der Waals surface area contributed by atoms with Crippen LogP contribution in [0.3, 0.4) is 0 Å². The van der Waals surface area contributed by atoms with Crippen LogP contribution in [0, 0.1) is 45.1 Å². The van der Waals surface area contributed by atoms with Gasteiger partial charge in [-0.1, -0.05) is 32.1 Å². The molecule has 7 aliphatic rings. The Hall–Kier alpha value is -2.42. The average Bonchev–Trinajstić information content (AvgIpc) is 3.24. The van der Waals surface area contributed by atoms with Crippen LogP contribution in [0.15, 0.2) is 42.0 Å². The van der Waals surface area contributed by atoms with Crippen molar-refractivity contribution >= 4 is 11.7 Å². The highest BCUT2D eigenvalue weighted by Crippen LogP contribution is 2.78. The van der Waals surface area contributed by atoms with E-state index in [1.165, 1.54) is 6.07 Å². The Morgan fingerprint density at radius 2 is 1.60 bits per heavy atom. The number of piperazine rings is 1. The van der Waals surface area contributed by atoms with Crippen molar-refractivity contribution < 1.29 is 28.6 Å². The van der Waals surface area contributed by atoms with Crippen molar-refractivity contribution in [2.75, 3.05) is 32.7 Å². The van der Waals surface area contributed by atoms with Crippen LogP contribution in [-0.4, -0.2) is 76.1 Å². The monoisotopic (exact) mass is 594 g/mol. The van der Waals surface area contributed by atoms with Gasteiger partial charge in [0.1, 0.15) is 0 Å². The molecule has 1 amide bonds. The SMILES string of the molecule is CC(=O)N1CCN(C[C@]2(O)CC[C@H]3[C@]45C=C[C@@]6(C=C4C(=O)c4ccc(F)c(F)c4)CC(O)CC[C@]6(C)[C@H]5CC[C@@]32C)CC1. The standard InChI is InChI=1S/C35H44F2N2O4/c1-22(40)39-16-14-38(15-17-39)21-34(43)11-8-29-32(34,3)10-7-28-31(2)9-6-24(41)19-33(31)12-13-35(28,29)25(20-33)30(42)23-4-5-26(36)27(37)18-23/h4-5,12-13,18,20,24,28-29,41,43H,6-11,14-17,19,21H2,1-3H3/t24?,28-,29-,31-,32+,33+,34-,35-/m1/s1. The number of benzene rings is 1. The molecule has 232 valence electrons. The first-order chi connectivity index (χ1) is 20.3. The molecular weight excluding hydrogens is 550 g/mol. The highest BCUT2D eigenvalue weighted by atomic mass is 19.2. The Balaban J connectivity index is 1.30. The fraction of sp³-hybridized carbons (Fsp3) is 0.657. The van der Waals surface area contributed by atoms with E-state index < -0.39 is 39.6 Å². The molecule has 2 bridgehead atoms. The quantitative estimate of drug-likeness (QED) is 0.383. The molecule has 1 aromatic rings. The summed E-state index contributed by atoms with van der Waals surface area (Å²) in [7, 11) is 0. The summed E-state index contributed by atoms with van der Waals surface area (Å²) in [5.74, 6) is -2.11. The number of nitrogens with zero attached hydrogens (tertiary/aromatic N) is 2. The highest BCUT2D eigenvalue weighted by molar-refractivity contribution is 6.10. The zero-order valence-electron chi connectivity index (χ0n) is 25.5. The smallest absolute Gasteiger partial charge is 0.219 e. The van der Waals surface area contributed by atoms with Crippen molar-refractivity contribution in [3.8, 4) is 0 Å². The number of fused-ring (bicyclic) bond motifs is 1. The minimum absolute atomic E-state index is 0.0130. The van der Waals surface area contributed by atoms with Crippen LogP contribution in [-0.2, 0) is 4.79 Å². The molecule has 0 aromatic heterocycles. The van der Waals surface area contributed by atoms with Gasteiger partial charge in [-0.3, -0.25) is 14.5 Å². The number of halogens is 2. The van der Waals surface area contributed by atoms with E-state index in [9.17, 15) is 28.6 Å². The highest BCUT2D eigenvalue weighted by Gasteiger charge is 2.74. The van der Waals surface area contributed by atoms with E-state index in [1.807, 2.05) is 4.90 Å². The Morgan fingerprint density at radius 1 is 0.930 bits per heavy atom. The number of allylic oxidation sites excluding steroid dienone is 4. The van der Waals surface area contributed by atoms with E-state index in [2.05, 4.69) is 37.0 Å². The molecule has 3 saturated carbocycles. The summed E-state index contributed by atoms with van der Waals surface area (Å²) in [5, 5.41) is 23.4. The topological polar surface area (TPSA) is 81.1 Å². The number of Topliss-reactive ketones (excluding diaryl/α,β-unsaturated/α-hetero) is 1. The van der Waals surface area contributed by atoms with E-state index in [4.69, 9.17) is 0 Å². The molecule has 8 rings (SSSR count). The second kappa shape index (κ2) is 9.54. The largest absolute Gasteiger partial charge is 0.393 e. The van der Waals surface area contributed by atoms with E-state index in [0.717, 1.165) is 57.3 Å². The van der Waals surface area contributed by atoms with Gasteiger partial charge >= 0.3 is 0 Å². The van der Waals surface area contributed by atoms with Crippen molar-refractivity contribution in [1.82, 2.24) is 9.80 Å².